The summed E-state index contributed by atoms with van der Waals surface area (Å²) in [5.41, 5.74) is 1.82. The number of hydrogen-bond donors (Lipinski definition) is 2. The fourth-order valence-electron chi connectivity index (χ4n) is 2.18. The van der Waals surface area contributed by atoms with Crippen LogP contribution in [0.2, 0.25) is 0 Å². The monoisotopic (exact) mass is 342 g/mol. The first-order valence-electron chi connectivity index (χ1n) is 7.90. The lowest BCUT2D eigenvalue weighted by Gasteiger charge is -2.08. The summed E-state index contributed by atoms with van der Waals surface area (Å²) in [5.74, 6) is 1.06. The van der Waals surface area contributed by atoms with E-state index in [1.54, 1.807) is 26.4 Å². The van der Waals surface area contributed by atoms with Crippen LogP contribution in [0.5, 0.6) is 11.5 Å². The summed E-state index contributed by atoms with van der Waals surface area (Å²) in [7, 11) is 3.19. The predicted molar refractivity (Wildman–Crippen MR) is 94.5 cm³/mol. The molecule has 0 unspecified atom stereocenters. The Bertz CT molecular complexity index is 696. The molecule has 0 fully saturated rings. The van der Waals surface area contributed by atoms with Gasteiger partial charge in [0, 0.05) is 6.54 Å². The molecule has 0 aliphatic carbocycles. The van der Waals surface area contributed by atoms with E-state index in [-0.39, 0.29) is 24.8 Å². The standard InChI is InChI=1S/C19H22N2O4/c1-24-16-7-3-14(4-8-16)11-18(22)21-13-19(23)20-12-15-5-9-17(25-2)10-6-15/h3-10H,11-13H2,1-2H3,(H,20,23)(H,21,22). The van der Waals surface area contributed by atoms with Crippen LogP contribution in [0.3, 0.4) is 0 Å². The van der Waals surface area contributed by atoms with Gasteiger partial charge in [0.05, 0.1) is 27.2 Å². The normalized spacial score (nSPS) is 10.0. The van der Waals surface area contributed by atoms with Crippen LogP contribution in [0, 0.1) is 0 Å². The fourth-order valence-corrected chi connectivity index (χ4v) is 2.18. The average molecular weight is 342 g/mol. The molecule has 0 radical (unpaired) electrons. The van der Waals surface area contributed by atoms with Gasteiger partial charge in [-0.25, -0.2) is 0 Å². The van der Waals surface area contributed by atoms with Crippen LogP contribution in [-0.2, 0) is 22.6 Å². The van der Waals surface area contributed by atoms with Crippen molar-refractivity contribution in [2.45, 2.75) is 13.0 Å². The Hall–Kier alpha value is -3.02. The van der Waals surface area contributed by atoms with E-state index in [0.717, 1.165) is 22.6 Å². The molecule has 2 rings (SSSR count). The SMILES string of the molecule is COc1ccc(CNC(=O)CNC(=O)Cc2ccc(OC)cc2)cc1. The number of carbonyl (C=O) groups is 2. The molecule has 0 atom stereocenters. The molecule has 132 valence electrons. The smallest absolute Gasteiger partial charge is 0.239 e. The summed E-state index contributed by atoms with van der Waals surface area (Å²) >= 11 is 0. The lowest BCUT2D eigenvalue weighted by molar-refractivity contribution is -0.125. The van der Waals surface area contributed by atoms with Gasteiger partial charge in [-0.1, -0.05) is 24.3 Å². The number of rotatable bonds is 8. The van der Waals surface area contributed by atoms with Gasteiger partial charge in [0.25, 0.3) is 0 Å². The molecular formula is C19H22N2O4. The van der Waals surface area contributed by atoms with Crippen molar-refractivity contribution in [3.05, 3.63) is 59.7 Å². The highest BCUT2D eigenvalue weighted by molar-refractivity contribution is 5.85. The summed E-state index contributed by atoms with van der Waals surface area (Å²) < 4.78 is 10.1. The van der Waals surface area contributed by atoms with E-state index in [9.17, 15) is 9.59 Å². The Morgan fingerprint density at radius 3 is 1.80 bits per heavy atom. The number of benzene rings is 2. The zero-order valence-electron chi connectivity index (χ0n) is 14.4. The molecule has 0 aliphatic heterocycles. The molecule has 2 N–H and O–H groups in total. The average Bonchev–Trinajstić information content (AvgIpc) is 2.65. The summed E-state index contributed by atoms with van der Waals surface area (Å²) in [6.07, 6.45) is 0.218. The highest BCUT2D eigenvalue weighted by Gasteiger charge is 2.07. The first-order chi connectivity index (χ1) is 12.1. The van der Waals surface area contributed by atoms with Gasteiger partial charge in [-0.3, -0.25) is 9.59 Å². The van der Waals surface area contributed by atoms with Crippen LogP contribution >= 0.6 is 0 Å². The summed E-state index contributed by atoms with van der Waals surface area (Å²) in [6, 6.07) is 14.7. The number of nitrogens with one attached hydrogen (secondary N) is 2. The maximum absolute atomic E-state index is 11.9. The summed E-state index contributed by atoms with van der Waals surface area (Å²) in [6.45, 7) is 0.350. The number of ether oxygens (including phenoxy) is 2. The van der Waals surface area contributed by atoms with Crippen LogP contribution in [0.4, 0.5) is 0 Å². The first kappa shape index (κ1) is 18.3. The molecule has 25 heavy (non-hydrogen) atoms. The Morgan fingerprint density at radius 2 is 1.28 bits per heavy atom. The molecule has 2 aromatic rings. The molecule has 0 aromatic heterocycles. The van der Waals surface area contributed by atoms with Gasteiger partial charge in [-0.2, -0.15) is 0 Å². The minimum atomic E-state index is -0.237. The molecule has 6 heteroatoms. The van der Waals surface area contributed by atoms with Crippen molar-refractivity contribution in [1.82, 2.24) is 10.6 Å². The van der Waals surface area contributed by atoms with E-state index in [1.807, 2.05) is 36.4 Å². The van der Waals surface area contributed by atoms with Crippen LogP contribution in [0.15, 0.2) is 48.5 Å². The third-order valence-electron chi connectivity index (χ3n) is 3.62. The fraction of sp³-hybridized carbons (Fsp3) is 0.263. The molecule has 0 saturated carbocycles. The maximum atomic E-state index is 11.9. The first-order valence-corrected chi connectivity index (χ1v) is 7.90. The van der Waals surface area contributed by atoms with Gasteiger partial charge in [0.15, 0.2) is 0 Å². The van der Waals surface area contributed by atoms with Crippen molar-refractivity contribution >= 4 is 11.8 Å². The zero-order chi connectivity index (χ0) is 18.1. The predicted octanol–water partition coefficient (Wildman–Crippen LogP) is 1.68. The van der Waals surface area contributed by atoms with Gasteiger partial charge in [-0.05, 0) is 35.4 Å². The van der Waals surface area contributed by atoms with Crippen molar-refractivity contribution < 1.29 is 19.1 Å². The highest BCUT2D eigenvalue weighted by atomic mass is 16.5. The van der Waals surface area contributed by atoms with Gasteiger partial charge >= 0.3 is 0 Å². The minimum absolute atomic E-state index is 0.0505. The topological polar surface area (TPSA) is 76.7 Å². The van der Waals surface area contributed by atoms with Crippen LogP contribution < -0.4 is 20.1 Å². The van der Waals surface area contributed by atoms with E-state index in [0.29, 0.717) is 6.54 Å². The van der Waals surface area contributed by atoms with Gasteiger partial charge in [-0.15, -0.1) is 0 Å². The Morgan fingerprint density at radius 1 is 0.760 bits per heavy atom. The van der Waals surface area contributed by atoms with E-state index in [2.05, 4.69) is 10.6 Å². The molecule has 0 saturated heterocycles. The molecule has 0 spiro atoms. The molecule has 0 aliphatic rings. The lowest BCUT2D eigenvalue weighted by Crippen LogP contribution is -2.37. The van der Waals surface area contributed by atoms with Crippen molar-refractivity contribution in [2.24, 2.45) is 0 Å². The Kier molecular flexibility index (Phi) is 6.83. The molecule has 0 heterocycles. The third kappa shape index (κ3) is 6.18. The molecular weight excluding hydrogens is 320 g/mol. The lowest BCUT2D eigenvalue weighted by atomic mass is 10.1. The van der Waals surface area contributed by atoms with Gasteiger partial charge < -0.3 is 20.1 Å². The molecule has 2 amide bonds. The van der Waals surface area contributed by atoms with E-state index >= 15 is 0 Å². The zero-order valence-corrected chi connectivity index (χ0v) is 14.4. The van der Waals surface area contributed by atoms with Crippen LogP contribution in [-0.4, -0.2) is 32.6 Å². The van der Waals surface area contributed by atoms with E-state index < -0.39 is 0 Å². The van der Waals surface area contributed by atoms with E-state index in [4.69, 9.17) is 9.47 Å². The van der Waals surface area contributed by atoms with Gasteiger partial charge in [0.1, 0.15) is 11.5 Å². The largest absolute Gasteiger partial charge is 0.497 e. The second kappa shape index (κ2) is 9.32. The number of hydrogen-bond acceptors (Lipinski definition) is 4. The minimum Gasteiger partial charge on any atom is -0.497 e. The van der Waals surface area contributed by atoms with E-state index in [1.165, 1.54) is 0 Å². The highest BCUT2D eigenvalue weighted by Crippen LogP contribution is 2.12. The Labute approximate surface area is 147 Å². The second-order valence-corrected chi connectivity index (χ2v) is 5.43. The van der Waals surface area contributed by atoms with Crippen molar-refractivity contribution in [2.75, 3.05) is 20.8 Å². The van der Waals surface area contributed by atoms with Crippen molar-refractivity contribution in [3.63, 3.8) is 0 Å². The number of methoxy groups -OCH3 is 2. The number of amides is 2. The van der Waals surface area contributed by atoms with Crippen molar-refractivity contribution in [3.8, 4) is 11.5 Å². The quantitative estimate of drug-likeness (QED) is 0.765. The molecule has 0 bridgehead atoms. The van der Waals surface area contributed by atoms with Gasteiger partial charge in [0.2, 0.25) is 11.8 Å². The third-order valence-corrected chi connectivity index (χ3v) is 3.62. The Balaban J connectivity index is 1.70. The van der Waals surface area contributed by atoms with Crippen LogP contribution in [0.1, 0.15) is 11.1 Å². The van der Waals surface area contributed by atoms with Crippen molar-refractivity contribution in [1.29, 1.82) is 0 Å². The van der Waals surface area contributed by atoms with Crippen LogP contribution in [0.25, 0.3) is 0 Å². The maximum Gasteiger partial charge on any atom is 0.239 e. The number of carbonyl (C=O) groups excluding carboxylic acids is 2. The summed E-state index contributed by atoms with van der Waals surface area (Å²) in [5, 5.41) is 5.37. The molecule has 6 nitrogen and oxygen atoms in total. The second-order valence-electron chi connectivity index (χ2n) is 5.43. The molecule has 2 aromatic carbocycles. The summed E-state index contributed by atoms with van der Waals surface area (Å²) in [4.78, 5) is 23.7.